The van der Waals surface area contributed by atoms with E-state index < -0.39 is 11.7 Å². The van der Waals surface area contributed by atoms with Gasteiger partial charge in [0, 0.05) is 36.8 Å². The summed E-state index contributed by atoms with van der Waals surface area (Å²) >= 11 is 6.05. The number of amides is 2. The van der Waals surface area contributed by atoms with Crippen LogP contribution in [0.2, 0.25) is 5.02 Å². The second-order valence-electron chi connectivity index (χ2n) is 11.9. The molecule has 0 atom stereocenters. The number of halogens is 1. The monoisotopic (exact) mass is 583 g/mol. The average Bonchev–Trinajstić information content (AvgIpc) is 2.93. The fraction of sp³-hybridized carbons (Fsp3) is 0.548. The summed E-state index contributed by atoms with van der Waals surface area (Å²) in [6.07, 6.45) is 5.63. The molecule has 1 aromatic heterocycles. The molecule has 1 aromatic carbocycles. The largest absolute Gasteiger partial charge is 0.444 e. The van der Waals surface area contributed by atoms with E-state index in [9.17, 15) is 9.59 Å². The van der Waals surface area contributed by atoms with Gasteiger partial charge in [0.05, 0.1) is 5.71 Å². The third-order valence-corrected chi connectivity index (χ3v) is 7.84. The van der Waals surface area contributed by atoms with Gasteiger partial charge in [-0.1, -0.05) is 28.9 Å². The van der Waals surface area contributed by atoms with Crippen molar-refractivity contribution in [1.82, 2.24) is 14.8 Å². The van der Waals surface area contributed by atoms with E-state index in [4.69, 9.17) is 21.2 Å². The van der Waals surface area contributed by atoms with Crippen LogP contribution < -0.4 is 5.32 Å². The number of piperidine rings is 2. The molecule has 1 N–H and O–H groups in total. The third kappa shape index (κ3) is 9.43. The maximum Gasteiger partial charge on any atom is 0.413 e. The molecule has 2 fully saturated rings. The molecule has 0 bridgehead atoms. The van der Waals surface area contributed by atoms with Crippen LogP contribution in [0.25, 0.3) is 0 Å². The number of likely N-dealkylation sites (tertiary alicyclic amines) is 2. The zero-order chi connectivity index (χ0) is 29.4. The fourth-order valence-corrected chi connectivity index (χ4v) is 5.62. The Bertz CT molecular complexity index is 1200. The molecule has 0 spiro atoms. The van der Waals surface area contributed by atoms with E-state index in [1.165, 1.54) is 0 Å². The van der Waals surface area contributed by atoms with Gasteiger partial charge >= 0.3 is 6.09 Å². The molecule has 0 saturated carbocycles. The van der Waals surface area contributed by atoms with E-state index in [1.807, 2.05) is 57.2 Å². The molecule has 2 aliphatic heterocycles. The highest BCUT2D eigenvalue weighted by Gasteiger charge is 2.31. The molecule has 4 rings (SSSR count). The number of carbonyl (C=O) groups is 2. The maximum atomic E-state index is 13.3. The van der Waals surface area contributed by atoms with E-state index in [2.05, 4.69) is 25.3 Å². The maximum absolute atomic E-state index is 13.3. The molecule has 222 valence electrons. The summed E-state index contributed by atoms with van der Waals surface area (Å²) in [4.78, 5) is 39.2. The lowest BCUT2D eigenvalue weighted by Gasteiger charge is -2.37. The number of rotatable bonds is 8. The van der Waals surface area contributed by atoms with E-state index in [1.54, 1.807) is 13.3 Å². The first-order valence-electron chi connectivity index (χ1n) is 14.4. The van der Waals surface area contributed by atoms with Crippen LogP contribution >= 0.6 is 11.6 Å². The van der Waals surface area contributed by atoms with Crippen molar-refractivity contribution in [2.24, 2.45) is 17.0 Å². The molecular weight excluding hydrogens is 542 g/mol. The molecule has 2 amide bonds. The number of aromatic nitrogens is 1. The first kappa shape index (κ1) is 30.8. The molecule has 2 aromatic rings. The number of nitrogens with zero attached hydrogens (tertiary/aromatic N) is 4. The number of carbonyl (C=O) groups excluding carboxylic acids is 2. The Morgan fingerprint density at radius 2 is 1.73 bits per heavy atom. The van der Waals surface area contributed by atoms with Gasteiger partial charge in [-0.05, 0) is 107 Å². The normalized spacial score (nSPS) is 17.8. The van der Waals surface area contributed by atoms with Crippen molar-refractivity contribution in [3.8, 4) is 0 Å². The highest BCUT2D eigenvalue weighted by atomic mass is 35.5. The first-order valence-corrected chi connectivity index (χ1v) is 14.8. The third-order valence-electron chi connectivity index (χ3n) is 7.58. The summed E-state index contributed by atoms with van der Waals surface area (Å²) < 4.78 is 5.32. The van der Waals surface area contributed by atoms with Crippen LogP contribution in [-0.4, -0.2) is 71.4 Å². The Hall–Kier alpha value is -3.17. The number of nitrogens with one attached hydrogen (secondary N) is 1. The van der Waals surface area contributed by atoms with Crippen LogP contribution in [0.15, 0.2) is 47.8 Å². The van der Waals surface area contributed by atoms with Crippen LogP contribution in [0.3, 0.4) is 0 Å². The van der Waals surface area contributed by atoms with Crippen LogP contribution in [-0.2, 0) is 20.9 Å². The van der Waals surface area contributed by atoms with Crippen molar-refractivity contribution in [1.29, 1.82) is 0 Å². The smallest absolute Gasteiger partial charge is 0.413 e. The molecule has 2 aliphatic rings. The summed E-state index contributed by atoms with van der Waals surface area (Å²) in [7, 11) is 1.57. The molecule has 2 saturated heterocycles. The highest BCUT2D eigenvalue weighted by molar-refractivity contribution is 6.30. The minimum absolute atomic E-state index is 0.0734. The standard InChI is InChI=1S/C31H42ClN5O4/c1-31(2,3)41-30(39)34-28-20-23(9-14-33-28)21-36-15-12-25(13-16-36)29(38)37-17-10-22(11-18-37)19-27(35-40-4)24-5-7-26(32)8-6-24/h5-9,14,20,22,25H,10-13,15-19,21H2,1-4H3,(H,33,34,39). The zero-order valence-electron chi connectivity index (χ0n) is 24.6. The molecule has 3 heterocycles. The van der Waals surface area contributed by atoms with Crippen molar-refractivity contribution < 1.29 is 19.2 Å². The quantitative estimate of drug-likeness (QED) is 0.304. The summed E-state index contributed by atoms with van der Waals surface area (Å²) in [6, 6.07) is 11.5. The van der Waals surface area contributed by atoms with Gasteiger partial charge in [-0.3, -0.25) is 15.0 Å². The predicted molar refractivity (Wildman–Crippen MR) is 161 cm³/mol. The minimum atomic E-state index is -0.570. The molecule has 9 nitrogen and oxygen atoms in total. The highest BCUT2D eigenvalue weighted by Crippen LogP contribution is 2.27. The average molecular weight is 584 g/mol. The predicted octanol–water partition coefficient (Wildman–Crippen LogP) is 5.97. The Morgan fingerprint density at radius 3 is 2.37 bits per heavy atom. The number of benzene rings is 1. The van der Waals surface area contributed by atoms with E-state index in [-0.39, 0.29) is 5.92 Å². The molecule has 10 heteroatoms. The first-order chi connectivity index (χ1) is 19.6. The Labute approximate surface area is 248 Å². The Balaban J connectivity index is 1.21. The summed E-state index contributed by atoms with van der Waals surface area (Å²) in [6.45, 7) is 9.52. The van der Waals surface area contributed by atoms with Gasteiger partial charge in [0.2, 0.25) is 5.91 Å². The SMILES string of the molecule is CON=C(CC1CCN(C(=O)C2CCN(Cc3ccnc(NC(=O)OC(C)(C)C)c3)CC2)CC1)c1ccc(Cl)cc1. The lowest BCUT2D eigenvalue weighted by atomic mass is 9.88. The fourth-order valence-electron chi connectivity index (χ4n) is 5.49. The van der Waals surface area contributed by atoms with Crippen molar-refractivity contribution in [3.05, 3.63) is 58.7 Å². The second-order valence-corrected chi connectivity index (χ2v) is 12.4. The zero-order valence-corrected chi connectivity index (χ0v) is 25.3. The Morgan fingerprint density at radius 1 is 1.05 bits per heavy atom. The number of pyridine rings is 1. The minimum Gasteiger partial charge on any atom is -0.444 e. The van der Waals surface area contributed by atoms with Crippen molar-refractivity contribution >= 4 is 35.1 Å². The molecule has 41 heavy (non-hydrogen) atoms. The number of hydrogen-bond acceptors (Lipinski definition) is 7. The van der Waals surface area contributed by atoms with Crippen LogP contribution in [0.1, 0.15) is 64.0 Å². The van der Waals surface area contributed by atoms with E-state index in [0.29, 0.717) is 22.7 Å². The van der Waals surface area contributed by atoms with Crippen LogP contribution in [0, 0.1) is 11.8 Å². The van der Waals surface area contributed by atoms with Crippen LogP contribution in [0.4, 0.5) is 10.6 Å². The summed E-state index contributed by atoms with van der Waals surface area (Å²) in [5.74, 6) is 1.29. The topological polar surface area (TPSA) is 96.4 Å². The summed E-state index contributed by atoms with van der Waals surface area (Å²) in [5, 5.41) is 7.68. The molecule has 0 unspecified atom stereocenters. The number of anilines is 1. The number of oxime groups is 1. The van der Waals surface area contributed by atoms with E-state index in [0.717, 1.165) is 81.7 Å². The second kappa shape index (κ2) is 14.1. The van der Waals surface area contributed by atoms with Crippen molar-refractivity contribution in [2.45, 2.75) is 65.0 Å². The molecule has 0 radical (unpaired) electrons. The van der Waals surface area contributed by atoms with Gasteiger partial charge < -0.3 is 14.5 Å². The van der Waals surface area contributed by atoms with Crippen LogP contribution in [0.5, 0.6) is 0 Å². The molecule has 0 aliphatic carbocycles. The van der Waals surface area contributed by atoms with E-state index >= 15 is 0 Å². The van der Waals surface area contributed by atoms with Gasteiger partial charge in [-0.15, -0.1) is 0 Å². The van der Waals surface area contributed by atoms with Gasteiger partial charge in [0.25, 0.3) is 0 Å². The van der Waals surface area contributed by atoms with Gasteiger partial charge in [0.1, 0.15) is 18.5 Å². The lowest BCUT2D eigenvalue weighted by Crippen LogP contribution is -2.45. The molecular formula is C31H42ClN5O4. The summed E-state index contributed by atoms with van der Waals surface area (Å²) in [5.41, 5.74) is 2.43. The van der Waals surface area contributed by atoms with Crippen molar-refractivity contribution in [2.75, 3.05) is 38.6 Å². The lowest BCUT2D eigenvalue weighted by molar-refractivity contribution is -0.138. The van der Waals surface area contributed by atoms with Gasteiger partial charge in [0.15, 0.2) is 0 Å². The van der Waals surface area contributed by atoms with Crippen molar-refractivity contribution in [3.63, 3.8) is 0 Å². The number of ether oxygens (including phenoxy) is 1. The number of hydrogen-bond donors (Lipinski definition) is 1. The Kier molecular flexibility index (Phi) is 10.6. The van der Waals surface area contributed by atoms with Gasteiger partial charge in [-0.25, -0.2) is 9.78 Å². The van der Waals surface area contributed by atoms with Gasteiger partial charge in [-0.2, -0.15) is 0 Å².